The van der Waals surface area contributed by atoms with Gasteiger partial charge in [0, 0.05) is 19.9 Å². The normalized spacial score (nSPS) is 21.3. The summed E-state index contributed by atoms with van der Waals surface area (Å²) < 4.78 is 10.8. The molecule has 0 aliphatic heterocycles. The van der Waals surface area contributed by atoms with Crippen molar-refractivity contribution in [1.29, 1.82) is 0 Å². The average Bonchev–Trinajstić information content (AvgIpc) is 2.41. The summed E-state index contributed by atoms with van der Waals surface area (Å²) in [6, 6.07) is 5.24. The van der Waals surface area contributed by atoms with Crippen LogP contribution in [0.4, 0.5) is 5.69 Å². The maximum absolute atomic E-state index is 6.34. The van der Waals surface area contributed by atoms with Crippen LogP contribution in [-0.2, 0) is 9.47 Å². The quantitative estimate of drug-likeness (QED) is 0.511. The molecule has 0 radical (unpaired) electrons. The Morgan fingerprint density at radius 1 is 1.20 bits per heavy atom. The van der Waals surface area contributed by atoms with Gasteiger partial charge >= 0.3 is 0 Å². The van der Waals surface area contributed by atoms with Crippen LogP contribution in [0.25, 0.3) is 5.57 Å². The van der Waals surface area contributed by atoms with Gasteiger partial charge in [-0.2, -0.15) is 0 Å². The number of rotatable bonds is 3. The summed E-state index contributed by atoms with van der Waals surface area (Å²) >= 11 is 12.6. The van der Waals surface area contributed by atoms with Gasteiger partial charge in [-0.1, -0.05) is 17.7 Å². The van der Waals surface area contributed by atoms with E-state index in [9.17, 15) is 0 Å². The van der Waals surface area contributed by atoms with Crippen molar-refractivity contribution in [2.24, 2.45) is 5.73 Å². The van der Waals surface area contributed by atoms with E-state index in [0.29, 0.717) is 16.4 Å². The van der Waals surface area contributed by atoms with Gasteiger partial charge in [-0.3, -0.25) is 0 Å². The van der Waals surface area contributed by atoms with E-state index in [1.165, 1.54) is 14.2 Å². The highest BCUT2D eigenvalue weighted by Crippen LogP contribution is 2.38. The number of hydrogen-bond donors (Lipinski definition) is 2. The lowest BCUT2D eigenvalue weighted by atomic mass is 9.92. The fraction of sp³-hybridized carbons (Fsp3) is 0.286. The van der Waals surface area contributed by atoms with Crippen LogP contribution in [0.2, 0.25) is 5.02 Å². The van der Waals surface area contributed by atoms with E-state index in [-0.39, 0.29) is 0 Å². The number of benzene rings is 1. The van der Waals surface area contributed by atoms with Gasteiger partial charge in [-0.15, -0.1) is 11.6 Å². The first kappa shape index (κ1) is 15.2. The van der Waals surface area contributed by atoms with Crippen LogP contribution in [0.5, 0.6) is 0 Å². The molecule has 0 aromatic heterocycles. The summed E-state index contributed by atoms with van der Waals surface area (Å²) in [4.78, 5) is 0. The second-order valence-electron chi connectivity index (χ2n) is 4.44. The Morgan fingerprint density at radius 3 is 2.40 bits per heavy atom. The molecule has 0 amide bonds. The highest BCUT2D eigenvalue weighted by molar-refractivity contribution is 6.34. The van der Waals surface area contributed by atoms with Crippen LogP contribution < -0.4 is 11.5 Å². The third kappa shape index (κ3) is 2.52. The van der Waals surface area contributed by atoms with Gasteiger partial charge in [0.05, 0.1) is 16.1 Å². The van der Waals surface area contributed by atoms with Crippen LogP contribution in [0.3, 0.4) is 0 Å². The second kappa shape index (κ2) is 5.66. The van der Waals surface area contributed by atoms with Crippen molar-refractivity contribution in [2.75, 3.05) is 20.0 Å². The van der Waals surface area contributed by atoms with E-state index in [0.717, 1.165) is 11.1 Å². The molecule has 1 unspecified atom stereocenters. The Labute approximate surface area is 127 Å². The van der Waals surface area contributed by atoms with Crippen LogP contribution in [-0.4, -0.2) is 25.4 Å². The first-order chi connectivity index (χ1) is 9.43. The zero-order valence-corrected chi connectivity index (χ0v) is 12.7. The zero-order valence-electron chi connectivity index (χ0n) is 11.2. The molecule has 0 heterocycles. The number of methoxy groups -OCH3 is 2. The van der Waals surface area contributed by atoms with Crippen LogP contribution in [0.15, 0.2) is 36.0 Å². The maximum Gasteiger partial charge on any atom is 0.229 e. The molecular weight excluding hydrogens is 299 g/mol. The van der Waals surface area contributed by atoms with E-state index in [1.54, 1.807) is 24.3 Å². The molecular formula is C14H16Cl2N2O2. The Morgan fingerprint density at radius 2 is 1.85 bits per heavy atom. The topological polar surface area (TPSA) is 70.5 Å². The molecule has 6 heteroatoms. The predicted molar refractivity (Wildman–Crippen MR) is 82.5 cm³/mol. The highest BCUT2D eigenvalue weighted by atomic mass is 35.5. The SMILES string of the molecule is COC1(OC)C=C(c2ccc(N)cc2Cl)C(Cl)C=C1N. The zero-order chi connectivity index (χ0) is 14.9. The minimum absolute atomic E-state index is 0.401. The molecule has 108 valence electrons. The largest absolute Gasteiger partial charge is 0.399 e. The van der Waals surface area contributed by atoms with Crippen molar-refractivity contribution in [2.45, 2.75) is 11.2 Å². The third-order valence-corrected chi connectivity index (χ3v) is 3.96. The van der Waals surface area contributed by atoms with Gasteiger partial charge in [0.15, 0.2) is 0 Å². The number of halogens is 2. The van der Waals surface area contributed by atoms with Crippen molar-refractivity contribution in [1.82, 2.24) is 0 Å². The molecule has 20 heavy (non-hydrogen) atoms. The highest BCUT2D eigenvalue weighted by Gasteiger charge is 2.36. The summed E-state index contributed by atoms with van der Waals surface area (Å²) in [5, 5.41) is 0.0893. The Bertz CT molecular complexity index is 581. The molecule has 1 aromatic carbocycles. The molecule has 0 saturated carbocycles. The Balaban J connectivity index is 2.55. The maximum atomic E-state index is 6.34. The molecule has 1 aliphatic rings. The lowest BCUT2D eigenvalue weighted by Crippen LogP contribution is -2.41. The first-order valence-corrected chi connectivity index (χ1v) is 6.75. The summed E-state index contributed by atoms with van der Waals surface area (Å²) in [6.07, 6.45) is 3.41. The lowest BCUT2D eigenvalue weighted by molar-refractivity contribution is -0.143. The number of nitrogens with two attached hydrogens (primary N) is 2. The van der Waals surface area contributed by atoms with Crippen molar-refractivity contribution in [3.05, 3.63) is 46.6 Å². The standard InChI is InChI=1S/C14H16Cl2N2O2/c1-19-14(20-2)7-10(12(16)6-13(14)18)9-4-3-8(17)5-11(9)15/h3-7,12H,17-18H2,1-2H3. The molecule has 1 aliphatic carbocycles. The first-order valence-electron chi connectivity index (χ1n) is 5.94. The molecule has 4 N–H and O–H groups in total. The summed E-state index contributed by atoms with van der Waals surface area (Å²) in [6.45, 7) is 0. The van der Waals surface area contributed by atoms with Gasteiger partial charge in [-0.05, 0) is 35.4 Å². The molecule has 4 nitrogen and oxygen atoms in total. The number of alkyl halides is 1. The minimum atomic E-state index is -1.13. The van der Waals surface area contributed by atoms with Crippen molar-refractivity contribution < 1.29 is 9.47 Å². The summed E-state index contributed by atoms with van der Waals surface area (Å²) in [5.74, 6) is -1.13. The van der Waals surface area contributed by atoms with Crippen LogP contribution in [0.1, 0.15) is 5.56 Å². The molecule has 0 bridgehead atoms. The number of allylic oxidation sites excluding steroid dienone is 2. The van der Waals surface area contributed by atoms with Crippen molar-refractivity contribution in [3.8, 4) is 0 Å². The van der Waals surface area contributed by atoms with Crippen LogP contribution in [0, 0.1) is 0 Å². The van der Waals surface area contributed by atoms with E-state index in [2.05, 4.69) is 0 Å². The lowest BCUT2D eigenvalue weighted by Gasteiger charge is -2.33. The van der Waals surface area contributed by atoms with Crippen LogP contribution >= 0.6 is 23.2 Å². The van der Waals surface area contributed by atoms with Gasteiger partial charge in [-0.25, -0.2) is 0 Å². The molecule has 1 atom stereocenters. The third-order valence-electron chi connectivity index (χ3n) is 3.28. The summed E-state index contributed by atoms with van der Waals surface area (Å²) in [5.41, 5.74) is 14.2. The fourth-order valence-electron chi connectivity index (χ4n) is 2.16. The van der Waals surface area contributed by atoms with Gasteiger partial charge in [0.1, 0.15) is 0 Å². The van der Waals surface area contributed by atoms with Crippen molar-refractivity contribution >= 4 is 34.5 Å². The monoisotopic (exact) mass is 314 g/mol. The van der Waals surface area contributed by atoms with E-state index in [4.69, 9.17) is 44.1 Å². The number of hydrogen-bond acceptors (Lipinski definition) is 4. The Kier molecular flexibility index (Phi) is 4.30. The van der Waals surface area contributed by atoms with Crippen molar-refractivity contribution in [3.63, 3.8) is 0 Å². The molecule has 1 aromatic rings. The molecule has 0 spiro atoms. The van der Waals surface area contributed by atoms with Gasteiger partial charge < -0.3 is 20.9 Å². The van der Waals surface area contributed by atoms with E-state index in [1.807, 2.05) is 6.07 Å². The van der Waals surface area contributed by atoms with Gasteiger partial charge in [0.2, 0.25) is 5.79 Å². The van der Waals surface area contributed by atoms with Gasteiger partial charge in [0.25, 0.3) is 0 Å². The number of ether oxygens (including phenoxy) is 2. The molecule has 2 rings (SSSR count). The molecule has 0 fully saturated rings. The summed E-state index contributed by atoms with van der Waals surface area (Å²) in [7, 11) is 3.02. The number of anilines is 1. The smallest absolute Gasteiger partial charge is 0.229 e. The van der Waals surface area contributed by atoms with E-state index < -0.39 is 11.2 Å². The second-order valence-corrected chi connectivity index (χ2v) is 5.32. The fourth-order valence-corrected chi connectivity index (χ4v) is 2.77. The number of nitrogen functional groups attached to an aromatic ring is 1. The average molecular weight is 315 g/mol. The minimum Gasteiger partial charge on any atom is -0.399 e. The predicted octanol–water partition coefficient (Wildman–Crippen LogP) is 2.76. The molecule has 0 saturated heterocycles. The Hall–Kier alpha value is -1.20. The van der Waals surface area contributed by atoms with E-state index >= 15 is 0 Å².